The van der Waals surface area contributed by atoms with Gasteiger partial charge in [0.25, 0.3) is 11.8 Å². The molecule has 10 nitrogen and oxygen atoms in total. The van der Waals surface area contributed by atoms with Crippen LogP contribution in [0.25, 0.3) is 0 Å². The molecule has 1 aliphatic heterocycles. The Morgan fingerprint density at radius 2 is 1.89 bits per heavy atom. The molecule has 0 atom stereocenters. The molecule has 194 valence electrons. The number of nitrogens with one attached hydrogen (secondary N) is 4. The van der Waals surface area contributed by atoms with Crippen LogP contribution in [0.15, 0.2) is 24.5 Å². The van der Waals surface area contributed by atoms with Gasteiger partial charge in [0.05, 0.1) is 30.3 Å². The number of hydrogen-bond donors (Lipinski definition) is 4. The summed E-state index contributed by atoms with van der Waals surface area (Å²) >= 11 is 5.99. The Hall–Kier alpha value is -3.02. The van der Waals surface area contributed by atoms with E-state index in [1.807, 2.05) is 0 Å². The monoisotopic (exact) mass is 520 g/mol. The maximum atomic E-state index is 13.2. The van der Waals surface area contributed by atoms with Crippen LogP contribution in [-0.4, -0.2) is 78.0 Å². The third kappa shape index (κ3) is 6.80. The van der Waals surface area contributed by atoms with Crippen LogP contribution in [0.2, 0.25) is 5.02 Å². The molecule has 2 heterocycles. The molecule has 2 aliphatic rings. The van der Waals surface area contributed by atoms with E-state index in [-0.39, 0.29) is 34.3 Å². The van der Waals surface area contributed by atoms with Crippen molar-refractivity contribution in [3.05, 3.63) is 46.8 Å². The van der Waals surface area contributed by atoms with E-state index in [1.54, 1.807) is 0 Å². The number of morpholine rings is 1. The second-order valence-electron chi connectivity index (χ2n) is 8.97. The summed E-state index contributed by atoms with van der Waals surface area (Å²) in [5.74, 6) is -1.71. The van der Waals surface area contributed by atoms with Crippen molar-refractivity contribution in [2.45, 2.75) is 31.7 Å². The first-order valence-electron chi connectivity index (χ1n) is 12.1. The molecule has 1 aromatic carbocycles. The molecule has 1 saturated carbocycles. The third-order valence-corrected chi connectivity index (χ3v) is 6.83. The Bertz CT molecular complexity index is 1080. The minimum atomic E-state index is -0.472. The first kappa shape index (κ1) is 26.1. The Kier molecular flexibility index (Phi) is 8.89. The number of carbonyl (C=O) groups excluding carboxylic acids is 3. The summed E-state index contributed by atoms with van der Waals surface area (Å²) in [5.41, 5.74) is 0.539. The number of amides is 3. The standard InChI is InChI=1S/C24H30ClFN6O4/c25-18-13-16(26)3-6-19(18)31-22(33)15-1-4-17(5-2-15)30-24(35)21-20(28-14-29-21)23(34)27-7-8-32-9-11-36-12-10-32/h3,6,13-15,17H,1-2,4-5,7-12H2,(H,27,34)(H,28,29)(H,30,35)(H,31,33)/t15-,17-. The Balaban J connectivity index is 1.23. The fourth-order valence-corrected chi connectivity index (χ4v) is 4.67. The Labute approximate surface area is 213 Å². The van der Waals surface area contributed by atoms with E-state index < -0.39 is 17.6 Å². The van der Waals surface area contributed by atoms with Crippen molar-refractivity contribution in [3.63, 3.8) is 0 Å². The van der Waals surface area contributed by atoms with Crippen LogP contribution < -0.4 is 16.0 Å². The molecule has 36 heavy (non-hydrogen) atoms. The zero-order valence-corrected chi connectivity index (χ0v) is 20.6. The molecule has 0 bridgehead atoms. The lowest BCUT2D eigenvalue weighted by Gasteiger charge is -2.28. The summed E-state index contributed by atoms with van der Waals surface area (Å²) in [6, 6.07) is 3.69. The molecular weight excluding hydrogens is 491 g/mol. The summed E-state index contributed by atoms with van der Waals surface area (Å²) < 4.78 is 18.5. The highest BCUT2D eigenvalue weighted by Gasteiger charge is 2.29. The average molecular weight is 521 g/mol. The van der Waals surface area contributed by atoms with Gasteiger partial charge in [0.15, 0.2) is 5.69 Å². The number of anilines is 1. The van der Waals surface area contributed by atoms with E-state index in [9.17, 15) is 18.8 Å². The number of H-pyrrole nitrogens is 1. The summed E-state index contributed by atoms with van der Waals surface area (Å²) in [6.45, 7) is 4.18. The fraction of sp³-hybridized carbons (Fsp3) is 0.500. The Morgan fingerprint density at radius 3 is 2.61 bits per heavy atom. The molecule has 0 spiro atoms. The number of benzene rings is 1. The summed E-state index contributed by atoms with van der Waals surface area (Å²) in [5, 5.41) is 8.65. The normalized spacial score (nSPS) is 20.5. The minimum Gasteiger partial charge on any atom is -0.379 e. The quantitative estimate of drug-likeness (QED) is 0.422. The van der Waals surface area contributed by atoms with Crippen molar-refractivity contribution in [3.8, 4) is 0 Å². The van der Waals surface area contributed by atoms with Gasteiger partial charge in [-0.2, -0.15) is 0 Å². The van der Waals surface area contributed by atoms with Crippen LogP contribution in [0.3, 0.4) is 0 Å². The molecule has 3 amide bonds. The first-order chi connectivity index (χ1) is 17.4. The molecule has 12 heteroatoms. The van der Waals surface area contributed by atoms with Crippen molar-refractivity contribution in [1.82, 2.24) is 25.5 Å². The molecular formula is C24H30ClFN6O4. The topological polar surface area (TPSA) is 128 Å². The van der Waals surface area contributed by atoms with Gasteiger partial charge in [-0.25, -0.2) is 9.37 Å². The van der Waals surface area contributed by atoms with Crippen molar-refractivity contribution >= 4 is 35.0 Å². The minimum absolute atomic E-state index is 0.0544. The van der Waals surface area contributed by atoms with E-state index in [0.29, 0.717) is 57.7 Å². The summed E-state index contributed by atoms with van der Waals surface area (Å²) in [7, 11) is 0. The van der Waals surface area contributed by atoms with Crippen molar-refractivity contribution in [2.75, 3.05) is 44.7 Å². The predicted octanol–water partition coefficient (Wildman–Crippen LogP) is 2.19. The summed E-state index contributed by atoms with van der Waals surface area (Å²) in [4.78, 5) is 47.0. The number of carbonyl (C=O) groups is 3. The van der Waals surface area contributed by atoms with Crippen molar-refractivity contribution < 1.29 is 23.5 Å². The Morgan fingerprint density at radius 1 is 1.14 bits per heavy atom. The van der Waals surface area contributed by atoms with Crippen molar-refractivity contribution in [2.24, 2.45) is 5.92 Å². The molecule has 1 saturated heterocycles. The molecule has 4 rings (SSSR count). The molecule has 1 aromatic heterocycles. The second kappa shape index (κ2) is 12.3. The van der Waals surface area contributed by atoms with Crippen LogP contribution in [0.4, 0.5) is 10.1 Å². The van der Waals surface area contributed by atoms with Crippen LogP contribution in [-0.2, 0) is 9.53 Å². The number of halogens is 2. The van der Waals surface area contributed by atoms with E-state index >= 15 is 0 Å². The maximum absolute atomic E-state index is 13.2. The number of imidazole rings is 1. The van der Waals surface area contributed by atoms with Gasteiger partial charge >= 0.3 is 0 Å². The highest BCUT2D eigenvalue weighted by molar-refractivity contribution is 6.33. The SMILES string of the molecule is O=C(NCCN1CCOCC1)c1nc[nH]c1C(=O)N[C@H]1CC[C@H](C(=O)Nc2ccc(F)cc2Cl)CC1. The van der Waals surface area contributed by atoms with Crippen LogP contribution in [0, 0.1) is 11.7 Å². The predicted molar refractivity (Wildman–Crippen MR) is 131 cm³/mol. The largest absolute Gasteiger partial charge is 0.379 e. The van der Waals surface area contributed by atoms with Gasteiger partial charge in [-0.15, -0.1) is 0 Å². The van der Waals surface area contributed by atoms with Crippen LogP contribution in [0.5, 0.6) is 0 Å². The van der Waals surface area contributed by atoms with Crippen molar-refractivity contribution in [1.29, 1.82) is 0 Å². The van der Waals surface area contributed by atoms with Gasteiger partial charge in [-0.3, -0.25) is 19.3 Å². The van der Waals surface area contributed by atoms with Gasteiger partial charge in [-0.05, 0) is 43.9 Å². The highest BCUT2D eigenvalue weighted by Crippen LogP contribution is 2.28. The lowest BCUT2D eigenvalue weighted by Crippen LogP contribution is -2.42. The number of nitrogens with zero attached hydrogens (tertiary/aromatic N) is 2. The van der Waals surface area contributed by atoms with Crippen LogP contribution in [0.1, 0.15) is 46.7 Å². The molecule has 4 N–H and O–H groups in total. The number of aromatic nitrogens is 2. The molecule has 2 aromatic rings. The van der Waals surface area contributed by atoms with Gasteiger partial charge in [0, 0.05) is 38.1 Å². The highest BCUT2D eigenvalue weighted by atomic mass is 35.5. The number of hydrogen-bond acceptors (Lipinski definition) is 6. The first-order valence-corrected chi connectivity index (χ1v) is 12.5. The zero-order chi connectivity index (χ0) is 25.5. The van der Waals surface area contributed by atoms with E-state index in [2.05, 4.69) is 30.8 Å². The van der Waals surface area contributed by atoms with Crippen LogP contribution >= 0.6 is 11.6 Å². The summed E-state index contributed by atoms with van der Waals surface area (Å²) in [6.07, 6.45) is 3.70. The molecule has 1 aliphatic carbocycles. The second-order valence-corrected chi connectivity index (χ2v) is 9.38. The van der Waals surface area contributed by atoms with E-state index in [1.165, 1.54) is 18.5 Å². The molecule has 0 radical (unpaired) electrons. The van der Waals surface area contributed by atoms with E-state index in [4.69, 9.17) is 16.3 Å². The third-order valence-electron chi connectivity index (χ3n) is 6.52. The lowest BCUT2D eigenvalue weighted by molar-refractivity contribution is -0.120. The van der Waals surface area contributed by atoms with Gasteiger partial charge in [0.2, 0.25) is 5.91 Å². The van der Waals surface area contributed by atoms with Gasteiger partial charge in [-0.1, -0.05) is 11.6 Å². The zero-order valence-electron chi connectivity index (χ0n) is 19.8. The number of aromatic amines is 1. The molecule has 2 fully saturated rings. The van der Waals surface area contributed by atoms with E-state index in [0.717, 1.165) is 19.2 Å². The molecule has 0 unspecified atom stereocenters. The van der Waals surface area contributed by atoms with Gasteiger partial charge < -0.3 is 25.7 Å². The number of rotatable bonds is 8. The smallest absolute Gasteiger partial charge is 0.272 e. The van der Waals surface area contributed by atoms with Gasteiger partial charge in [0.1, 0.15) is 11.5 Å². The maximum Gasteiger partial charge on any atom is 0.272 e. The lowest BCUT2D eigenvalue weighted by atomic mass is 9.85. The number of ether oxygens (including phenoxy) is 1. The fourth-order valence-electron chi connectivity index (χ4n) is 4.46. The average Bonchev–Trinajstić information content (AvgIpc) is 3.37.